The molecule has 7 heteroatoms. The molecule has 0 aliphatic carbocycles. The summed E-state index contributed by atoms with van der Waals surface area (Å²) in [5, 5.41) is 0. The highest BCUT2D eigenvalue weighted by Crippen LogP contribution is 2.31. The van der Waals surface area contributed by atoms with E-state index in [1.54, 1.807) is 0 Å². The zero-order valence-corrected chi connectivity index (χ0v) is 13.2. The van der Waals surface area contributed by atoms with Crippen LogP contribution < -0.4 is 4.74 Å². The number of hydrogen-bond donors (Lipinski definition) is 0. The number of hydrogen-bond acceptors (Lipinski definition) is 5. The molecule has 1 fully saturated rings. The molecule has 2 rings (SSSR count). The van der Waals surface area contributed by atoms with E-state index < -0.39 is 6.43 Å². The van der Waals surface area contributed by atoms with Crippen molar-refractivity contribution in [3.05, 3.63) is 5.69 Å². The Balaban J connectivity index is 1.73. The Hall–Kier alpha value is -0.820. The third-order valence-corrected chi connectivity index (χ3v) is 4.32. The first-order chi connectivity index (χ1) is 10.2. The van der Waals surface area contributed by atoms with Gasteiger partial charge in [0.25, 0.3) is 0 Å². The lowest BCUT2D eigenvalue weighted by atomic mass is 9.95. The lowest BCUT2D eigenvalue weighted by Crippen LogP contribution is -2.31. The molecule has 0 spiro atoms. The standard InChI is InChI=1S/C14H23F2N3OS/c1-19-8-5-6-11(10-19)13-14(18-21-17-13)20-9-4-2-3-7-12(15)16/h11-12H,2-10H2,1H3. The molecule has 1 unspecified atom stereocenters. The number of likely N-dealkylation sites (N-methyl/N-ethyl adjacent to an activating group) is 1. The zero-order chi connectivity index (χ0) is 15.1. The van der Waals surface area contributed by atoms with Gasteiger partial charge in [-0.25, -0.2) is 8.78 Å². The molecule has 1 aromatic rings. The van der Waals surface area contributed by atoms with E-state index >= 15 is 0 Å². The van der Waals surface area contributed by atoms with Crippen LogP contribution in [0.1, 0.15) is 50.1 Å². The van der Waals surface area contributed by atoms with Gasteiger partial charge in [0.2, 0.25) is 12.3 Å². The molecule has 1 aliphatic heterocycles. The van der Waals surface area contributed by atoms with Crippen molar-refractivity contribution in [1.29, 1.82) is 0 Å². The molecule has 1 saturated heterocycles. The van der Waals surface area contributed by atoms with Crippen molar-refractivity contribution < 1.29 is 13.5 Å². The number of piperidine rings is 1. The van der Waals surface area contributed by atoms with Gasteiger partial charge in [0.05, 0.1) is 18.3 Å². The molecule has 4 nitrogen and oxygen atoms in total. The van der Waals surface area contributed by atoms with Gasteiger partial charge in [-0.3, -0.25) is 0 Å². The minimum absolute atomic E-state index is 0.0160. The van der Waals surface area contributed by atoms with Gasteiger partial charge in [-0.05, 0) is 45.7 Å². The molecule has 1 atom stereocenters. The molecule has 2 heterocycles. The summed E-state index contributed by atoms with van der Waals surface area (Å²) in [7, 11) is 2.12. The summed E-state index contributed by atoms with van der Waals surface area (Å²) in [5.74, 6) is 1.05. The third kappa shape index (κ3) is 5.47. The summed E-state index contributed by atoms with van der Waals surface area (Å²) in [6, 6.07) is 0. The van der Waals surface area contributed by atoms with Crippen LogP contribution in [0.25, 0.3) is 0 Å². The van der Waals surface area contributed by atoms with Crippen LogP contribution in [-0.4, -0.2) is 46.8 Å². The van der Waals surface area contributed by atoms with E-state index in [4.69, 9.17) is 4.74 Å². The Morgan fingerprint density at radius 3 is 2.95 bits per heavy atom. The summed E-state index contributed by atoms with van der Waals surface area (Å²) in [6.07, 6.45) is 2.20. The lowest BCUT2D eigenvalue weighted by Gasteiger charge is -2.28. The topological polar surface area (TPSA) is 38.2 Å². The Morgan fingerprint density at radius 1 is 1.33 bits per heavy atom. The average Bonchev–Trinajstić information content (AvgIpc) is 2.91. The number of unbranched alkanes of at least 4 members (excludes halogenated alkanes) is 2. The zero-order valence-electron chi connectivity index (χ0n) is 12.4. The van der Waals surface area contributed by atoms with Crippen molar-refractivity contribution in [3.63, 3.8) is 0 Å². The summed E-state index contributed by atoms with van der Waals surface area (Å²) in [6.45, 7) is 2.66. The van der Waals surface area contributed by atoms with Crippen LogP contribution in [0.3, 0.4) is 0 Å². The van der Waals surface area contributed by atoms with Gasteiger partial charge in [-0.15, -0.1) is 4.37 Å². The largest absolute Gasteiger partial charge is 0.476 e. The number of ether oxygens (including phenoxy) is 1. The van der Waals surface area contributed by atoms with Gasteiger partial charge in [0.1, 0.15) is 5.69 Å². The van der Waals surface area contributed by atoms with Crippen molar-refractivity contribution in [2.24, 2.45) is 0 Å². The van der Waals surface area contributed by atoms with E-state index in [2.05, 4.69) is 20.7 Å². The second-order valence-corrected chi connectivity index (χ2v) is 6.17. The van der Waals surface area contributed by atoms with Crippen molar-refractivity contribution in [3.8, 4) is 5.88 Å². The molecule has 1 aromatic heterocycles. The predicted octanol–water partition coefficient (Wildman–Crippen LogP) is 3.55. The van der Waals surface area contributed by atoms with Gasteiger partial charge in [-0.2, -0.15) is 4.37 Å². The van der Waals surface area contributed by atoms with E-state index in [1.807, 2.05) is 0 Å². The average molecular weight is 319 g/mol. The molecular formula is C14H23F2N3OS. The number of aromatic nitrogens is 2. The van der Waals surface area contributed by atoms with Gasteiger partial charge in [0.15, 0.2) is 0 Å². The van der Waals surface area contributed by atoms with E-state index in [9.17, 15) is 8.78 Å². The molecule has 0 aromatic carbocycles. The molecule has 0 bridgehead atoms. The van der Waals surface area contributed by atoms with Crippen molar-refractivity contribution in [1.82, 2.24) is 13.6 Å². The van der Waals surface area contributed by atoms with Crippen LogP contribution in [0.15, 0.2) is 0 Å². The fourth-order valence-corrected chi connectivity index (χ4v) is 3.25. The fraction of sp³-hybridized carbons (Fsp3) is 0.857. The summed E-state index contributed by atoms with van der Waals surface area (Å²) >= 11 is 1.19. The number of halogens is 2. The summed E-state index contributed by atoms with van der Waals surface area (Å²) in [4.78, 5) is 2.31. The smallest absolute Gasteiger partial charge is 0.249 e. The maximum Gasteiger partial charge on any atom is 0.249 e. The van der Waals surface area contributed by atoms with Crippen molar-refractivity contribution in [2.75, 3.05) is 26.7 Å². The molecular weight excluding hydrogens is 296 g/mol. The number of nitrogens with zero attached hydrogens (tertiary/aromatic N) is 3. The third-order valence-electron chi connectivity index (χ3n) is 3.80. The summed E-state index contributed by atoms with van der Waals surface area (Å²) < 4.78 is 38.3. The second kappa shape index (κ2) is 8.58. The monoisotopic (exact) mass is 319 g/mol. The van der Waals surface area contributed by atoms with Gasteiger partial charge in [-0.1, -0.05) is 0 Å². The van der Waals surface area contributed by atoms with Crippen LogP contribution in [0.5, 0.6) is 5.88 Å². The maximum atomic E-state index is 12.0. The molecule has 1 aliphatic rings. The molecule has 21 heavy (non-hydrogen) atoms. The SMILES string of the molecule is CN1CCCC(c2nsnc2OCCCCCC(F)F)C1. The first kappa shape index (κ1) is 16.5. The normalized spacial score (nSPS) is 20.1. The van der Waals surface area contributed by atoms with Gasteiger partial charge in [0, 0.05) is 18.9 Å². The fourth-order valence-electron chi connectivity index (χ4n) is 2.67. The van der Waals surface area contributed by atoms with E-state index in [0.717, 1.165) is 38.0 Å². The molecule has 0 saturated carbocycles. The maximum absolute atomic E-state index is 12.0. The quantitative estimate of drug-likeness (QED) is 0.687. The highest BCUT2D eigenvalue weighted by molar-refractivity contribution is 6.99. The molecule has 0 radical (unpaired) electrons. The van der Waals surface area contributed by atoms with Crippen LogP contribution in [-0.2, 0) is 0 Å². The summed E-state index contributed by atoms with van der Waals surface area (Å²) in [5.41, 5.74) is 0.971. The van der Waals surface area contributed by atoms with E-state index in [-0.39, 0.29) is 6.42 Å². The van der Waals surface area contributed by atoms with Crippen LogP contribution >= 0.6 is 11.7 Å². The second-order valence-electron chi connectivity index (χ2n) is 5.64. The molecule has 0 N–H and O–H groups in total. The van der Waals surface area contributed by atoms with Gasteiger partial charge >= 0.3 is 0 Å². The first-order valence-electron chi connectivity index (χ1n) is 7.58. The highest BCUT2D eigenvalue weighted by Gasteiger charge is 2.25. The Morgan fingerprint density at radius 2 is 2.19 bits per heavy atom. The Labute approximate surface area is 128 Å². The number of likely N-dealkylation sites (tertiary alicyclic amines) is 1. The Kier molecular flexibility index (Phi) is 6.76. The van der Waals surface area contributed by atoms with Crippen molar-refractivity contribution >= 4 is 11.7 Å². The van der Waals surface area contributed by atoms with Crippen LogP contribution in [0.4, 0.5) is 8.78 Å². The minimum atomic E-state index is -2.19. The Bertz CT molecular complexity index is 417. The van der Waals surface area contributed by atoms with E-state index in [0.29, 0.717) is 24.8 Å². The number of rotatable bonds is 8. The molecule has 120 valence electrons. The first-order valence-corrected chi connectivity index (χ1v) is 8.31. The number of alkyl halides is 2. The van der Waals surface area contributed by atoms with Gasteiger partial charge < -0.3 is 9.64 Å². The van der Waals surface area contributed by atoms with Crippen LogP contribution in [0.2, 0.25) is 0 Å². The highest BCUT2D eigenvalue weighted by atomic mass is 32.1. The van der Waals surface area contributed by atoms with E-state index in [1.165, 1.54) is 18.1 Å². The minimum Gasteiger partial charge on any atom is -0.476 e. The molecule has 0 amide bonds. The van der Waals surface area contributed by atoms with Crippen LogP contribution in [0, 0.1) is 0 Å². The lowest BCUT2D eigenvalue weighted by molar-refractivity contribution is 0.133. The van der Waals surface area contributed by atoms with Crippen molar-refractivity contribution in [2.45, 2.75) is 50.9 Å². The predicted molar refractivity (Wildman–Crippen MR) is 79.3 cm³/mol.